The summed E-state index contributed by atoms with van der Waals surface area (Å²) in [6.07, 6.45) is 8.25. The monoisotopic (exact) mass is 650 g/mol. The van der Waals surface area contributed by atoms with Gasteiger partial charge in [-0.05, 0) is 87.7 Å². The lowest BCUT2D eigenvalue weighted by Crippen LogP contribution is -2.48. The molecule has 0 spiro atoms. The van der Waals surface area contributed by atoms with Gasteiger partial charge < -0.3 is 20.1 Å². The zero-order valence-corrected chi connectivity index (χ0v) is 28.2. The first-order valence-corrected chi connectivity index (χ1v) is 17.4. The molecule has 2 amide bonds. The second-order valence-electron chi connectivity index (χ2n) is 13.1. The van der Waals surface area contributed by atoms with Gasteiger partial charge in [0.05, 0.1) is 12.1 Å². The number of amides is 2. The molecule has 0 saturated carbocycles. The molecule has 0 bridgehead atoms. The molecule has 48 heavy (non-hydrogen) atoms. The van der Waals surface area contributed by atoms with Crippen LogP contribution >= 0.6 is 0 Å². The van der Waals surface area contributed by atoms with Crippen LogP contribution in [-0.4, -0.2) is 83.7 Å². The van der Waals surface area contributed by atoms with Gasteiger partial charge in [-0.15, -0.1) is 0 Å². The third-order valence-corrected chi connectivity index (χ3v) is 9.25. The van der Waals surface area contributed by atoms with E-state index in [1.54, 1.807) is 12.3 Å². The average Bonchev–Trinajstić information content (AvgIpc) is 3.11. The third kappa shape index (κ3) is 10.9. The summed E-state index contributed by atoms with van der Waals surface area (Å²) in [5, 5.41) is 14.9. The van der Waals surface area contributed by atoms with Gasteiger partial charge in [0.25, 0.3) is 0 Å². The molecule has 1 fully saturated rings. The quantitative estimate of drug-likeness (QED) is 0.153. The van der Waals surface area contributed by atoms with Gasteiger partial charge in [0, 0.05) is 43.2 Å². The first kappa shape index (κ1) is 35.0. The van der Waals surface area contributed by atoms with E-state index in [1.807, 2.05) is 53.2 Å². The molecule has 1 aliphatic rings. The Morgan fingerprint density at radius 3 is 2.15 bits per heavy atom. The minimum absolute atomic E-state index is 0.0179. The number of aliphatic hydroxyl groups is 1. The number of likely N-dealkylation sites (tertiary alicyclic amines) is 1. The SMILES string of the molecule is CN(CC(=O)N1CCC(C(=O)NC(CCCc2ccccc2)CCCc2ccccc2)CC1)CC(O)COc1ccnc2ccccc12. The van der Waals surface area contributed by atoms with Gasteiger partial charge in [0.1, 0.15) is 18.5 Å². The Bertz CT molecular complexity index is 1510. The van der Waals surface area contributed by atoms with Crippen LogP contribution in [0.5, 0.6) is 5.75 Å². The Labute approximate surface area is 285 Å². The summed E-state index contributed by atoms with van der Waals surface area (Å²) >= 11 is 0. The fourth-order valence-electron chi connectivity index (χ4n) is 6.58. The van der Waals surface area contributed by atoms with Crippen LogP contribution in [0.1, 0.15) is 49.7 Å². The second kappa shape index (κ2) is 18.3. The van der Waals surface area contributed by atoms with Crippen molar-refractivity contribution >= 4 is 22.7 Å². The molecule has 1 saturated heterocycles. The van der Waals surface area contributed by atoms with Crippen molar-refractivity contribution in [2.24, 2.45) is 5.92 Å². The zero-order chi connectivity index (χ0) is 33.6. The normalized spacial score (nSPS) is 14.4. The molecule has 0 aliphatic carbocycles. The van der Waals surface area contributed by atoms with Gasteiger partial charge in [0.2, 0.25) is 11.8 Å². The molecule has 254 valence electrons. The van der Waals surface area contributed by atoms with Crippen molar-refractivity contribution in [2.45, 2.75) is 63.5 Å². The summed E-state index contributed by atoms with van der Waals surface area (Å²) in [7, 11) is 1.83. The van der Waals surface area contributed by atoms with Gasteiger partial charge in [0.15, 0.2) is 0 Å². The third-order valence-electron chi connectivity index (χ3n) is 9.25. The topological polar surface area (TPSA) is 95.0 Å². The van der Waals surface area contributed by atoms with Crippen molar-refractivity contribution in [2.75, 3.05) is 39.8 Å². The van der Waals surface area contributed by atoms with Crippen molar-refractivity contribution in [1.82, 2.24) is 20.1 Å². The lowest BCUT2D eigenvalue weighted by atomic mass is 9.94. The summed E-state index contributed by atoms with van der Waals surface area (Å²) in [5.74, 6) is 0.731. The number of aryl methyl sites for hydroxylation is 2. The number of piperidine rings is 1. The number of aromatic nitrogens is 1. The number of nitrogens with one attached hydrogen (secondary N) is 1. The molecule has 8 heteroatoms. The molecule has 1 aliphatic heterocycles. The van der Waals surface area contributed by atoms with Crippen LogP contribution in [0, 0.1) is 5.92 Å². The number of carbonyl (C=O) groups excluding carboxylic acids is 2. The number of carbonyl (C=O) groups is 2. The highest BCUT2D eigenvalue weighted by atomic mass is 16.5. The molecule has 1 atom stereocenters. The van der Waals surface area contributed by atoms with E-state index >= 15 is 0 Å². The Balaban J connectivity index is 1.03. The van der Waals surface area contributed by atoms with Crippen LogP contribution in [-0.2, 0) is 22.4 Å². The number of benzene rings is 3. The maximum atomic E-state index is 13.4. The molecule has 0 radical (unpaired) electrons. The van der Waals surface area contributed by atoms with E-state index in [4.69, 9.17) is 4.74 Å². The van der Waals surface area contributed by atoms with E-state index in [1.165, 1.54) is 11.1 Å². The molecule has 2 N–H and O–H groups in total. The molecule has 5 rings (SSSR count). The Kier molecular flexibility index (Phi) is 13.4. The molecule has 3 aromatic carbocycles. The highest BCUT2D eigenvalue weighted by Gasteiger charge is 2.29. The van der Waals surface area contributed by atoms with E-state index in [0.717, 1.165) is 49.4 Å². The Hall–Kier alpha value is -4.27. The summed E-state index contributed by atoms with van der Waals surface area (Å²) in [6, 6.07) is 30.7. The number of likely N-dealkylation sites (N-methyl/N-ethyl adjacent to an activating group) is 1. The van der Waals surface area contributed by atoms with Crippen LogP contribution in [0.25, 0.3) is 10.9 Å². The van der Waals surface area contributed by atoms with E-state index in [0.29, 0.717) is 38.2 Å². The smallest absolute Gasteiger partial charge is 0.236 e. The number of para-hydroxylation sites is 1. The standard InChI is InChI=1S/C40H50N4O4/c1-43(28-35(45)30-48-38-22-25-41-37-21-9-8-20-36(37)38)29-39(46)44-26-23-33(24-27-44)40(47)42-34(18-10-16-31-12-4-2-5-13-31)19-11-17-32-14-6-3-7-15-32/h2-9,12-15,20-22,25,33-35,45H,10-11,16-19,23-24,26-30H2,1H3,(H,42,47). The Morgan fingerprint density at radius 1 is 0.896 bits per heavy atom. The number of hydrogen-bond donors (Lipinski definition) is 2. The summed E-state index contributed by atoms with van der Waals surface area (Å²) in [5.41, 5.74) is 3.50. The largest absolute Gasteiger partial charge is 0.490 e. The lowest BCUT2D eigenvalue weighted by molar-refractivity contribution is -0.136. The molecule has 1 unspecified atom stereocenters. The molecule has 1 aromatic heterocycles. The fourth-order valence-corrected chi connectivity index (χ4v) is 6.58. The molecule has 4 aromatic rings. The van der Waals surface area contributed by atoms with Gasteiger partial charge in [-0.25, -0.2) is 0 Å². The summed E-state index contributed by atoms with van der Waals surface area (Å²) in [6.45, 7) is 1.77. The second-order valence-corrected chi connectivity index (χ2v) is 13.1. The number of rotatable bonds is 17. The van der Waals surface area contributed by atoms with Crippen LogP contribution in [0.2, 0.25) is 0 Å². The van der Waals surface area contributed by atoms with E-state index < -0.39 is 6.10 Å². The number of ether oxygens (including phenoxy) is 1. The van der Waals surface area contributed by atoms with Gasteiger partial charge >= 0.3 is 0 Å². The van der Waals surface area contributed by atoms with Gasteiger partial charge in [-0.3, -0.25) is 19.5 Å². The van der Waals surface area contributed by atoms with Crippen molar-refractivity contribution in [3.05, 3.63) is 108 Å². The van der Waals surface area contributed by atoms with E-state index in [9.17, 15) is 14.7 Å². The minimum Gasteiger partial charge on any atom is -0.490 e. The molecular weight excluding hydrogens is 600 g/mol. The highest BCUT2D eigenvalue weighted by molar-refractivity contribution is 5.84. The predicted octanol–water partition coefficient (Wildman–Crippen LogP) is 5.68. The number of aliphatic hydroxyl groups excluding tert-OH is 1. The first-order valence-electron chi connectivity index (χ1n) is 17.4. The maximum absolute atomic E-state index is 13.4. The summed E-state index contributed by atoms with van der Waals surface area (Å²) < 4.78 is 5.90. The Morgan fingerprint density at radius 2 is 1.50 bits per heavy atom. The zero-order valence-electron chi connectivity index (χ0n) is 28.2. The summed E-state index contributed by atoms with van der Waals surface area (Å²) in [4.78, 5) is 34.6. The maximum Gasteiger partial charge on any atom is 0.236 e. The predicted molar refractivity (Wildman–Crippen MR) is 191 cm³/mol. The van der Waals surface area contributed by atoms with Crippen LogP contribution in [0.15, 0.2) is 97.2 Å². The van der Waals surface area contributed by atoms with E-state index in [2.05, 4.69) is 58.8 Å². The highest BCUT2D eigenvalue weighted by Crippen LogP contribution is 2.24. The molecular formula is C40H50N4O4. The van der Waals surface area contributed by atoms with Crippen LogP contribution in [0.3, 0.4) is 0 Å². The number of nitrogens with zero attached hydrogens (tertiary/aromatic N) is 3. The minimum atomic E-state index is -0.752. The van der Waals surface area contributed by atoms with Gasteiger partial charge in [-0.2, -0.15) is 0 Å². The lowest BCUT2D eigenvalue weighted by Gasteiger charge is -2.33. The number of pyridine rings is 1. The molecule has 2 heterocycles. The van der Waals surface area contributed by atoms with Crippen molar-refractivity contribution in [1.29, 1.82) is 0 Å². The van der Waals surface area contributed by atoms with Crippen LogP contribution < -0.4 is 10.1 Å². The van der Waals surface area contributed by atoms with Crippen LogP contribution in [0.4, 0.5) is 0 Å². The first-order chi connectivity index (χ1) is 23.4. The molecule has 8 nitrogen and oxygen atoms in total. The number of hydrogen-bond acceptors (Lipinski definition) is 6. The van der Waals surface area contributed by atoms with E-state index in [-0.39, 0.29) is 36.9 Å². The fraction of sp³-hybridized carbons (Fsp3) is 0.425. The average molecular weight is 651 g/mol. The van der Waals surface area contributed by atoms with Gasteiger partial charge in [-0.1, -0.05) is 72.8 Å². The van der Waals surface area contributed by atoms with Crippen molar-refractivity contribution in [3.63, 3.8) is 0 Å². The van der Waals surface area contributed by atoms with Crippen molar-refractivity contribution < 1.29 is 19.4 Å². The number of fused-ring (bicyclic) bond motifs is 1. The van der Waals surface area contributed by atoms with Crippen molar-refractivity contribution in [3.8, 4) is 5.75 Å².